The molecule has 3 heterocycles. The first-order valence-electron chi connectivity index (χ1n) is 10.9. The summed E-state index contributed by atoms with van der Waals surface area (Å²) in [7, 11) is 0. The number of nitrogens with zero attached hydrogens (tertiary/aromatic N) is 4. The minimum Gasteiger partial charge on any atom is -0.447 e. The number of halogens is 1. The third kappa shape index (κ3) is 5.58. The minimum absolute atomic E-state index is 0.178. The van der Waals surface area contributed by atoms with Gasteiger partial charge in [0.15, 0.2) is 5.69 Å². The lowest BCUT2D eigenvalue weighted by molar-refractivity contribution is 0.0941. The summed E-state index contributed by atoms with van der Waals surface area (Å²) < 4.78 is 18.6. The number of oxazole rings is 1. The largest absolute Gasteiger partial charge is 0.447 e. The third-order valence-electron chi connectivity index (χ3n) is 5.87. The van der Waals surface area contributed by atoms with Crippen molar-refractivity contribution in [2.24, 2.45) is 0 Å². The Morgan fingerprint density at radius 1 is 1.00 bits per heavy atom. The summed E-state index contributed by atoms with van der Waals surface area (Å²) in [5.74, 6) is 0.169. The number of piperazine rings is 1. The van der Waals surface area contributed by atoms with Gasteiger partial charge >= 0.3 is 0 Å². The maximum Gasteiger partial charge on any atom is 0.273 e. The molecule has 1 aromatic carbocycles. The van der Waals surface area contributed by atoms with Crippen molar-refractivity contribution in [2.75, 3.05) is 57.3 Å². The monoisotopic (exact) mass is 415 g/mol. The summed E-state index contributed by atoms with van der Waals surface area (Å²) in [5, 5.41) is 2.94. The molecule has 2 saturated heterocycles. The Morgan fingerprint density at radius 2 is 1.73 bits per heavy atom. The van der Waals surface area contributed by atoms with E-state index in [1.807, 2.05) is 12.1 Å². The molecule has 0 spiro atoms. The van der Waals surface area contributed by atoms with Gasteiger partial charge in [0.1, 0.15) is 12.1 Å². The molecule has 162 valence electrons. The number of piperidine rings is 1. The molecule has 1 aromatic heterocycles. The molecule has 2 aliphatic heterocycles. The van der Waals surface area contributed by atoms with E-state index in [9.17, 15) is 9.18 Å². The topological polar surface area (TPSA) is 64.9 Å². The molecule has 0 unspecified atom stereocenters. The Kier molecular flexibility index (Phi) is 6.96. The number of hydrogen-bond acceptors (Lipinski definition) is 6. The Morgan fingerprint density at radius 3 is 2.47 bits per heavy atom. The van der Waals surface area contributed by atoms with Crippen LogP contribution >= 0.6 is 0 Å². The van der Waals surface area contributed by atoms with Crippen LogP contribution in [0.5, 0.6) is 0 Å². The van der Waals surface area contributed by atoms with Crippen molar-refractivity contribution in [1.82, 2.24) is 20.1 Å². The molecular formula is C22H30FN5O2. The zero-order valence-corrected chi connectivity index (χ0v) is 17.4. The van der Waals surface area contributed by atoms with Gasteiger partial charge in [-0.05, 0) is 50.2 Å². The van der Waals surface area contributed by atoms with Crippen LogP contribution in [0.1, 0.15) is 35.6 Å². The molecule has 1 N–H and O–H groups in total. The molecular weight excluding hydrogens is 385 g/mol. The van der Waals surface area contributed by atoms with Crippen LogP contribution < -0.4 is 10.2 Å². The smallest absolute Gasteiger partial charge is 0.273 e. The van der Waals surface area contributed by atoms with Crippen LogP contribution in [-0.2, 0) is 6.54 Å². The maximum atomic E-state index is 13.1. The number of aromatic nitrogens is 1. The average Bonchev–Trinajstić information content (AvgIpc) is 3.24. The van der Waals surface area contributed by atoms with E-state index in [0.717, 1.165) is 51.5 Å². The zero-order valence-electron chi connectivity index (χ0n) is 17.4. The molecule has 4 rings (SSSR count). The first-order valence-corrected chi connectivity index (χ1v) is 10.9. The van der Waals surface area contributed by atoms with Crippen LogP contribution in [0.2, 0.25) is 0 Å². The van der Waals surface area contributed by atoms with Gasteiger partial charge in [-0.3, -0.25) is 9.69 Å². The summed E-state index contributed by atoms with van der Waals surface area (Å²) in [4.78, 5) is 23.6. The van der Waals surface area contributed by atoms with Crippen molar-refractivity contribution in [3.05, 3.63) is 47.9 Å². The fourth-order valence-electron chi connectivity index (χ4n) is 4.10. The normalized spacial score (nSPS) is 18.5. The van der Waals surface area contributed by atoms with Gasteiger partial charge in [-0.2, -0.15) is 0 Å². The Balaban J connectivity index is 1.20. The zero-order chi connectivity index (χ0) is 20.8. The summed E-state index contributed by atoms with van der Waals surface area (Å²) in [6, 6.07) is 6.62. The first-order chi connectivity index (χ1) is 14.7. The molecule has 8 heteroatoms. The van der Waals surface area contributed by atoms with Gasteiger partial charge in [-0.15, -0.1) is 0 Å². The Hall–Kier alpha value is -2.45. The van der Waals surface area contributed by atoms with E-state index in [2.05, 4.69) is 25.0 Å². The quantitative estimate of drug-likeness (QED) is 0.749. The van der Waals surface area contributed by atoms with Crippen molar-refractivity contribution >= 4 is 11.6 Å². The molecule has 1 amide bonds. The summed E-state index contributed by atoms with van der Waals surface area (Å²) in [6.07, 6.45) is 5.25. The number of benzene rings is 1. The van der Waals surface area contributed by atoms with Gasteiger partial charge in [-0.25, -0.2) is 9.37 Å². The molecule has 0 bridgehead atoms. The van der Waals surface area contributed by atoms with Gasteiger partial charge < -0.3 is 19.5 Å². The average molecular weight is 416 g/mol. The lowest BCUT2D eigenvalue weighted by atomic mass is 10.1. The van der Waals surface area contributed by atoms with Crippen molar-refractivity contribution in [3.63, 3.8) is 0 Å². The molecule has 30 heavy (non-hydrogen) atoms. The van der Waals surface area contributed by atoms with Crippen LogP contribution in [-0.4, -0.2) is 73.0 Å². The van der Waals surface area contributed by atoms with Crippen molar-refractivity contribution in [3.8, 4) is 0 Å². The highest BCUT2D eigenvalue weighted by Crippen LogP contribution is 2.18. The Bertz CT molecular complexity index is 811. The summed E-state index contributed by atoms with van der Waals surface area (Å²) >= 11 is 0. The van der Waals surface area contributed by atoms with Crippen LogP contribution in [0.25, 0.3) is 0 Å². The van der Waals surface area contributed by atoms with Crippen LogP contribution in [0.4, 0.5) is 10.1 Å². The highest BCUT2D eigenvalue weighted by atomic mass is 19.1. The molecule has 0 atom stereocenters. The van der Waals surface area contributed by atoms with E-state index in [0.29, 0.717) is 24.7 Å². The maximum absolute atomic E-state index is 13.1. The number of rotatable bonds is 7. The van der Waals surface area contributed by atoms with Crippen molar-refractivity contribution in [1.29, 1.82) is 0 Å². The second-order valence-corrected chi connectivity index (χ2v) is 8.02. The van der Waals surface area contributed by atoms with E-state index in [4.69, 9.17) is 4.42 Å². The lowest BCUT2D eigenvalue weighted by Crippen LogP contribution is -2.46. The van der Waals surface area contributed by atoms with Gasteiger partial charge in [0.2, 0.25) is 5.89 Å². The van der Waals surface area contributed by atoms with Crippen LogP contribution in [0.15, 0.2) is 34.9 Å². The molecule has 2 aromatic rings. The van der Waals surface area contributed by atoms with Crippen molar-refractivity contribution < 1.29 is 13.6 Å². The second kappa shape index (κ2) is 10.0. The minimum atomic E-state index is -0.215. The number of carbonyl (C=O) groups excluding carboxylic acids is 1. The van der Waals surface area contributed by atoms with E-state index in [1.54, 1.807) is 0 Å². The predicted molar refractivity (Wildman–Crippen MR) is 113 cm³/mol. The number of hydrogen-bond donors (Lipinski definition) is 1. The van der Waals surface area contributed by atoms with Crippen LogP contribution in [0, 0.1) is 5.82 Å². The third-order valence-corrected chi connectivity index (χ3v) is 5.87. The fraction of sp³-hybridized carbons (Fsp3) is 0.545. The van der Waals surface area contributed by atoms with Crippen molar-refractivity contribution in [2.45, 2.75) is 25.8 Å². The van der Waals surface area contributed by atoms with E-state index in [1.165, 1.54) is 37.7 Å². The van der Waals surface area contributed by atoms with E-state index < -0.39 is 0 Å². The predicted octanol–water partition coefficient (Wildman–Crippen LogP) is 2.35. The molecule has 0 aliphatic carbocycles. The molecule has 0 saturated carbocycles. The molecule has 0 radical (unpaired) electrons. The number of likely N-dealkylation sites (tertiary alicyclic amines) is 1. The molecule has 2 fully saturated rings. The lowest BCUT2D eigenvalue weighted by Gasteiger charge is -2.35. The highest BCUT2D eigenvalue weighted by Gasteiger charge is 2.20. The van der Waals surface area contributed by atoms with Crippen LogP contribution in [0.3, 0.4) is 0 Å². The second-order valence-electron chi connectivity index (χ2n) is 8.02. The van der Waals surface area contributed by atoms with Gasteiger partial charge in [0, 0.05) is 45.0 Å². The van der Waals surface area contributed by atoms with Gasteiger partial charge in [0.25, 0.3) is 5.91 Å². The number of nitrogens with one attached hydrogen (secondary N) is 1. The van der Waals surface area contributed by atoms with E-state index in [-0.39, 0.29) is 11.7 Å². The summed E-state index contributed by atoms with van der Waals surface area (Å²) in [6.45, 7) is 7.77. The molecule has 2 aliphatic rings. The van der Waals surface area contributed by atoms with E-state index >= 15 is 0 Å². The number of carbonyl (C=O) groups is 1. The molecule has 7 nitrogen and oxygen atoms in total. The standard InChI is InChI=1S/C22H30FN5O2/c23-18-4-6-19(7-5-18)28-14-12-27(13-15-28)16-21-25-20(17-30-21)22(29)24-8-11-26-9-2-1-3-10-26/h4-7,17H,1-3,8-16H2,(H,24,29). The Labute approximate surface area is 176 Å². The SMILES string of the molecule is O=C(NCCN1CCCCC1)c1coc(CN2CCN(c3ccc(F)cc3)CC2)n1. The summed E-state index contributed by atoms with van der Waals surface area (Å²) in [5.41, 5.74) is 1.38. The first kappa shape index (κ1) is 20.8. The highest BCUT2D eigenvalue weighted by molar-refractivity contribution is 5.91. The van der Waals surface area contributed by atoms with Gasteiger partial charge in [0.05, 0.1) is 6.54 Å². The number of anilines is 1. The fourth-order valence-corrected chi connectivity index (χ4v) is 4.10. The van der Waals surface area contributed by atoms with Gasteiger partial charge in [-0.1, -0.05) is 6.42 Å². The number of amides is 1.